The van der Waals surface area contributed by atoms with Crippen molar-refractivity contribution in [3.63, 3.8) is 0 Å². The van der Waals surface area contributed by atoms with Crippen molar-refractivity contribution in [3.8, 4) is 0 Å². The number of aryl methyl sites for hydroxylation is 1. The molecule has 1 aliphatic rings. The number of anilines is 1. The number of nitrogens with one attached hydrogen (secondary N) is 1. The van der Waals surface area contributed by atoms with Crippen molar-refractivity contribution in [2.45, 2.75) is 38.6 Å². The molecule has 17 heavy (non-hydrogen) atoms. The molecule has 3 heteroatoms. The molecular formula is C14H25N3. The fourth-order valence-corrected chi connectivity index (χ4v) is 2.36. The topological polar surface area (TPSA) is 28.2 Å². The lowest BCUT2D eigenvalue weighted by Crippen LogP contribution is -2.36. The van der Waals surface area contributed by atoms with Gasteiger partial charge in [-0.05, 0) is 57.1 Å². The minimum Gasteiger partial charge on any atom is -0.367 e. The normalized spacial score (nSPS) is 18.2. The summed E-state index contributed by atoms with van der Waals surface area (Å²) in [6.45, 7) is 4.59. The largest absolute Gasteiger partial charge is 0.367 e. The molecule has 0 aliphatic carbocycles. The van der Waals surface area contributed by atoms with Crippen molar-refractivity contribution in [3.05, 3.63) is 23.9 Å². The Bertz CT molecular complexity index is 349. The van der Waals surface area contributed by atoms with Crippen LogP contribution in [0.15, 0.2) is 18.3 Å². The molecule has 3 nitrogen and oxygen atoms in total. The number of pyridine rings is 1. The van der Waals surface area contributed by atoms with Gasteiger partial charge in [-0.2, -0.15) is 0 Å². The quantitative estimate of drug-likeness (QED) is 0.870. The number of likely N-dealkylation sites (tertiary alicyclic amines) is 1. The molecule has 0 bridgehead atoms. The second-order valence-electron chi connectivity index (χ2n) is 5.02. The Morgan fingerprint density at radius 3 is 2.94 bits per heavy atom. The fraction of sp³-hybridized carbons (Fsp3) is 0.643. The molecule has 0 atom stereocenters. The Morgan fingerprint density at radius 1 is 1.47 bits per heavy atom. The first-order chi connectivity index (χ1) is 8.28. The smallest absolute Gasteiger partial charge is 0.126 e. The van der Waals surface area contributed by atoms with Gasteiger partial charge in [-0.1, -0.05) is 13.3 Å². The maximum absolute atomic E-state index is 4.41. The van der Waals surface area contributed by atoms with Gasteiger partial charge >= 0.3 is 0 Å². The SMILES string of the molecule is CCCc1ccnc(NC2CCN(C)CC2)c1.[HH]. The highest BCUT2D eigenvalue weighted by atomic mass is 15.1. The van der Waals surface area contributed by atoms with Gasteiger partial charge in [-0.3, -0.25) is 0 Å². The van der Waals surface area contributed by atoms with Crippen LogP contribution in [0.4, 0.5) is 5.82 Å². The van der Waals surface area contributed by atoms with E-state index < -0.39 is 0 Å². The third-order valence-electron chi connectivity index (χ3n) is 3.43. The van der Waals surface area contributed by atoms with Gasteiger partial charge < -0.3 is 10.2 Å². The van der Waals surface area contributed by atoms with Crippen molar-refractivity contribution in [2.24, 2.45) is 0 Å². The zero-order chi connectivity index (χ0) is 12.1. The van der Waals surface area contributed by atoms with Gasteiger partial charge in [-0.15, -0.1) is 0 Å². The summed E-state index contributed by atoms with van der Waals surface area (Å²) in [5.41, 5.74) is 1.39. The molecular weight excluding hydrogens is 210 g/mol. The van der Waals surface area contributed by atoms with Crippen LogP contribution in [-0.4, -0.2) is 36.1 Å². The lowest BCUT2D eigenvalue weighted by molar-refractivity contribution is 0.263. The van der Waals surface area contributed by atoms with E-state index in [-0.39, 0.29) is 1.43 Å². The van der Waals surface area contributed by atoms with Crippen LogP contribution in [0.3, 0.4) is 0 Å². The van der Waals surface area contributed by atoms with Gasteiger partial charge in [0.05, 0.1) is 0 Å². The third kappa shape index (κ3) is 3.70. The van der Waals surface area contributed by atoms with Gasteiger partial charge in [0.15, 0.2) is 0 Å². The predicted molar refractivity (Wildman–Crippen MR) is 74.5 cm³/mol. The molecule has 1 saturated heterocycles. The standard InChI is InChI=1S/C14H23N3.H2/c1-3-4-12-5-8-15-14(11-12)16-13-6-9-17(2)10-7-13;/h5,8,11,13H,3-4,6-7,9-10H2,1-2H3,(H,15,16);1H. The Morgan fingerprint density at radius 2 is 2.24 bits per heavy atom. The molecule has 2 heterocycles. The highest BCUT2D eigenvalue weighted by Crippen LogP contribution is 2.15. The van der Waals surface area contributed by atoms with E-state index in [1.54, 1.807) is 0 Å². The van der Waals surface area contributed by atoms with E-state index in [9.17, 15) is 0 Å². The van der Waals surface area contributed by atoms with Gasteiger partial charge in [0.1, 0.15) is 5.82 Å². The van der Waals surface area contributed by atoms with Crippen molar-refractivity contribution in [2.75, 3.05) is 25.5 Å². The zero-order valence-electron chi connectivity index (χ0n) is 10.9. The van der Waals surface area contributed by atoms with Crippen LogP contribution in [0.5, 0.6) is 0 Å². The summed E-state index contributed by atoms with van der Waals surface area (Å²) < 4.78 is 0. The van der Waals surface area contributed by atoms with E-state index >= 15 is 0 Å². The van der Waals surface area contributed by atoms with Gasteiger partial charge in [0, 0.05) is 13.7 Å². The van der Waals surface area contributed by atoms with E-state index in [1.807, 2.05) is 6.20 Å². The minimum atomic E-state index is 0. The first-order valence-corrected chi connectivity index (χ1v) is 6.68. The Kier molecular flexibility index (Phi) is 4.37. The molecule has 0 amide bonds. The summed E-state index contributed by atoms with van der Waals surface area (Å²) in [6.07, 6.45) is 6.69. The van der Waals surface area contributed by atoms with Crippen LogP contribution in [0.1, 0.15) is 33.2 Å². The van der Waals surface area contributed by atoms with Crippen LogP contribution >= 0.6 is 0 Å². The summed E-state index contributed by atoms with van der Waals surface area (Å²) in [5.74, 6) is 1.05. The molecule has 1 N–H and O–H groups in total. The van der Waals surface area contributed by atoms with E-state index in [1.165, 1.54) is 37.9 Å². The number of nitrogens with zero attached hydrogens (tertiary/aromatic N) is 2. The summed E-state index contributed by atoms with van der Waals surface area (Å²) in [5, 5.41) is 3.56. The van der Waals surface area contributed by atoms with E-state index in [0.29, 0.717) is 6.04 Å². The first-order valence-electron chi connectivity index (χ1n) is 6.68. The minimum absolute atomic E-state index is 0. The van der Waals surface area contributed by atoms with E-state index in [0.717, 1.165) is 12.2 Å². The zero-order valence-corrected chi connectivity index (χ0v) is 10.9. The molecule has 0 spiro atoms. The van der Waals surface area contributed by atoms with E-state index in [4.69, 9.17) is 0 Å². The molecule has 0 radical (unpaired) electrons. The molecule has 1 aliphatic heterocycles. The summed E-state index contributed by atoms with van der Waals surface area (Å²) in [7, 11) is 2.19. The molecule has 96 valence electrons. The third-order valence-corrected chi connectivity index (χ3v) is 3.43. The van der Waals surface area contributed by atoms with Crippen molar-refractivity contribution in [1.29, 1.82) is 0 Å². The molecule has 0 aromatic carbocycles. The fourth-order valence-electron chi connectivity index (χ4n) is 2.36. The number of hydrogen-bond acceptors (Lipinski definition) is 3. The number of rotatable bonds is 4. The maximum atomic E-state index is 4.41. The number of aromatic nitrogens is 1. The van der Waals surface area contributed by atoms with Crippen molar-refractivity contribution < 1.29 is 1.43 Å². The van der Waals surface area contributed by atoms with Gasteiger partial charge in [0.2, 0.25) is 0 Å². The first kappa shape index (κ1) is 12.4. The van der Waals surface area contributed by atoms with E-state index in [2.05, 4.69) is 41.3 Å². The maximum Gasteiger partial charge on any atom is 0.126 e. The van der Waals surface area contributed by atoms with Crippen molar-refractivity contribution in [1.82, 2.24) is 9.88 Å². The van der Waals surface area contributed by atoms with Crippen LogP contribution in [0.2, 0.25) is 0 Å². The highest BCUT2D eigenvalue weighted by molar-refractivity contribution is 5.38. The summed E-state index contributed by atoms with van der Waals surface area (Å²) in [4.78, 5) is 6.80. The molecule has 1 fully saturated rings. The van der Waals surface area contributed by atoms with Crippen LogP contribution in [0, 0.1) is 0 Å². The Labute approximate surface area is 106 Å². The average Bonchev–Trinajstić information content (AvgIpc) is 2.33. The van der Waals surface area contributed by atoms with Gasteiger partial charge in [0.25, 0.3) is 0 Å². The number of hydrogen-bond donors (Lipinski definition) is 1. The van der Waals surface area contributed by atoms with Crippen molar-refractivity contribution >= 4 is 5.82 Å². The summed E-state index contributed by atoms with van der Waals surface area (Å²) in [6, 6.07) is 4.90. The molecule has 0 saturated carbocycles. The van der Waals surface area contributed by atoms with Crippen LogP contribution in [0.25, 0.3) is 0 Å². The van der Waals surface area contributed by atoms with Crippen LogP contribution < -0.4 is 5.32 Å². The predicted octanol–water partition coefficient (Wildman–Crippen LogP) is 2.79. The summed E-state index contributed by atoms with van der Waals surface area (Å²) >= 11 is 0. The van der Waals surface area contributed by atoms with Crippen LogP contribution in [-0.2, 0) is 6.42 Å². The molecule has 1 aromatic rings. The molecule has 1 aromatic heterocycles. The average molecular weight is 235 g/mol. The Balaban J connectivity index is 0.00000162. The Hall–Kier alpha value is -1.09. The van der Waals surface area contributed by atoms with Gasteiger partial charge in [-0.25, -0.2) is 4.98 Å². The number of piperidine rings is 1. The molecule has 2 rings (SSSR count). The molecule has 0 unspecified atom stereocenters. The second kappa shape index (κ2) is 6.01. The lowest BCUT2D eigenvalue weighted by Gasteiger charge is -2.29. The monoisotopic (exact) mass is 235 g/mol. The lowest BCUT2D eigenvalue weighted by atomic mass is 10.1. The highest BCUT2D eigenvalue weighted by Gasteiger charge is 2.16. The second-order valence-corrected chi connectivity index (χ2v) is 5.02.